The monoisotopic (exact) mass is 381 g/mol. The Morgan fingerprint density at radius 3 is 2.56 bits per heavy atom. The molecule has 1 aromatic heterocycles. The minimum Gasteiger partial charge on any atom is -0.450 e. The van der Waals surface area contributed by atoms with Crippen LogP contribution in [0.1, 0.15) is 34.1 Å². The molecule has 138 valence electrons. The van der Waals surface area contributed by atoms with E-state index in [9.17, 15) is 14.7 Å². The summed E-state index contributed by atoms with van der Waals surface area (Å²) in [7, 11) is 0. The predicted octanol–water partition coefficient (Wildman–Crippen LogP) is 3.44. The number of carbonyl (C=O) groups excluding carboxylic acids is 1. The van der Waals surface area contributed by atoms with Crippen molar-refractivity contribution >= 4 is 28.6 Å². The van der Waals surface area contributed by atoms with Crippen LogP contribution in [0.3, 0.4) is 0 Å². The van der Waals surface area contributed by atoms with Crippen molar-refractivity contribution < 1.29 is 14.3 Å². The molecule has 0 radical (unpaired) electrons. The minimum absolute atomic E-state index is 0.0262. The van der Waals surface area contributed by atoms with Crippen molar-refractivity contribution in [1.82, 2.24) is 4.90 Å². The van der Waals surface area contributed by atoms with Crippen LogP contribution >= 0.6 is 11.8 Å². The second-order valence-electron chi connectivity index (χ2n) is 6.42. The average Bonchev–Trinajstić information content (AvgIpc) is 2.99. The standard InChI is InChI=1S/C21H19NO4S/c1-27-14-9-7-13(8-10-14)18-17-19(24)15-5-2-3-6-16(15)26-20(17)21(25)22(18)11-4-12-23/h2-3,5-10,18,23H,4,11-12H2,1H3. The van der Waals surface area contributed by atoms with E-state index in [-0.39, 0.29) is 23.7 Å². The lowest BCUT2D eigenvalue weighted by Gasteiger charge is -2.25. The molecule has 0 fully saturated rings. The van der Waals surface area contributed by atoms with E-state index in [1.54, 1.807) is 40.9 Å². The van der Waals surface area contributed by atoms with Gasteiger partial charge in [0.05, 0.1) is 17.0 Å². The first-order chi connectivity index (χ1) is 13.2. The summed E-state index contributed by atoms with van der Waals surface area (Å²) in [6.45, 7) is 0.325. The SMILES string of the molecule is CSc1ccc(C2c3c(oc4ccccc4c3=O)C(=O)N2CCCO)cc1. The summed E-state index contributed by atoms with van der Waals surface area (Å²) in [6, 6.07) is 14.3. The Morgan fingerprint density at radius 1 is 1.11 bits per heavy atom. The molecule has 1 aliphatic heterocycles. The van der Waals surface area contributed by atoms with E-state index in [1.807, 2.05) is 30.5 Å². The fourth-order valence-corrected chi connectivity index (χ4v) is 3.98. The van der Waals surface area contributed by atoms with Gasteiger partial charge in [-0.05, 0) is 42.5 Å². The summed E-state index contributed by atoms with van der Waals surface area (Å²) in [5.41, 5.74) is 1.48. The van der Waals surface area contributed by atoms with E-state index in [0.717, 1.165) is 10.5 Å². The predicted molar refractivity (Wildman–Crippen MR) is 105 cm³/mol. The van der Waals surface area contributed by atoms with E-state index >= 15 is 0 Å². The maximum Gasteiger partial charge on any atom is 0.290 e. The molecule has 1 amide bonds. The highest BCUT2D eigenvalue weighted by Gasteiger charge is 2.42. The van der Waals surface area contributed by atoms with E-state index < -0.39 is 6.04 Å². The summed E-state index contributed by atoms with van der Waals surface area (Å²) < 4.78 is 5.85. The fraction of sp³-hybridized carbons (Fsp3) is 0.238. The molecule has 5 nitrogen and oxygen atoms in total. The van der Waals surface area contributed by atoms with Crippen molar-refractivity contribution in [2.45, 2.75) is 17.4 Å². The van der Waals surface area contributed by atoms with E-state index in [4.69, 9.17) is 4.42 Å². The number of hydrogen-bond donors (Lipinski definition) is 1. The van der Waals surface area contributed by atoms with Crippen molar-refractivity contribution in [3.8, 4) is 0 Å². The second-order valence-corrected chi connectivity index (χ2v) is 7.30. The van der Waals surface area contributed by atoms with Crippen LogP contribution in [-0.2, 0) is 0 Å². The van der Waals surface area contributed by atoms with Gasteiger partial charge in [0, 0.05) is 18.0 Å². The zero-order chi connectivity index (χ0) is 19.0. The van der Waals surface area contributed by atoms with E-state index in [1.165, 1.54) is 0 Å². The fourth-order valence-electron chi connectivity index (χ4n) is 3.57. The first kappa shape index (κ1) is 17.8. The third-order valence-corrected chi connectivity index (χ3v) is 5.61. The second kappa shape index (κ2) is 7.21. The van der Waals surface area contributed by atoms with Crippen LogP contribution in [0, 0.1) is 0 Å². The van der Waals surface area contributed by atoms with Gasteiger partial charge in [0.1, 0.15) is 5.58 Å². The number of fused-ring (bicyclic) bond motifs is 2. The minimum atomic E-state index is -0.504. The Hall–Kier alpha value is -2.57. The van der Waals surface area contributed by atoms with Crippen LogP contribution in [0.4, 0.5) is 0 Å². The Labute approximate surface area is 160 Å². The van der Waals surface area contributed by atoms with Gasteiger partial charge in [-0.1, -0.05) is 24.3 Å². The normalized spacial score (nSPS) is 16.1. The number of benzene rings is 2. The lowest BCUT2D eigenvalue weighted by atomic mass is 9.98. The Balaban J connectivity index is 1.93. The van der Waals surface area contributed by atoms with Crippen molar-refractivity contribution in [3.05, 3.63) is 75.6 Å². The van der Waals surface area contributed by atoms with Crippen LogP contribution in [0.5, 0.6) is 0 Å². The maximum absolute atomic E-state index is 13.2. The summed E-state index contributed by atoms with van der Waals surface area (Å²) in [4.78, 5) is 28.9. The quantitative estimate of drug-likeness (QED) is 0.686. The van der Waals surface area contributed by atoms with Crippen LogP contribution < -0.4 is 5.43 Å². The first-order valence-corrected chi connectivity index (χ1v) is 9.99. The molecular formula is C21H19NO4S. The number of para-hydroxylation sites is 1. The zero-order valence-electron chi connectivity index (χ0n) is 14.8. The van der Waals surface area contributed by atoms with Crippen LogP contribution in [0.2, 0.25) is 0 Å². The lowest BCUT2D eigenvalue weighted by Crippen LogP contribution is -2.31. The molecule has 0 saturated carbocycles. The molecule has 3 aromatic rings. The Kier molecular flexibility index (Phi) is 4.76. The number of rotatable bonds is 5. The van der Waals surface area contributed by atoms with Gasteiger partial charge >= 0.3 is 0 Å². The van der Waals surface area contributed by atoms with Gasteiger partial charge in [0.25, 0.3) is 5.91 Å². The highest BCUT2D eigenvalue weighted by molar-refractivity contribution is 7.98. The molecule has 4 rings (SSSR count). The molecule has 1 aliphatic rings. The third-order valence-electron chi connectivity index (χ3n) is 4.86. The van der Waals surface area contributed by atoms with Crippen LogP contribution in [0.15, 0.2) is 62.6 Å². The van der Waals surface area contributed by atoms with Gasteiger partial charge in [-0.15, -0.1) is 11.8 Å². The van der Waals surface area contributed by atoms with Crippen molar-refractivity contribution in [2.24, 2.45) is 0 Å². The number of aliphatic hydroxyl groups is 1. The molecule has 1 unspecified atom stereocenters. The molecule has 0 saturated heterocycles. The third kappa shape index (κ3) is 2.95. The summed E-state index contributed by atoms with van der Waals surface area (Å²) >= 11 is 1.63. The smallest absolute Gasteiger partial charge is 0.290 e. The number of carbonyl (C=O) groups is 1. The first-order valence-electron chi connectivity index (χ1n) is 8.77. The molecular weight excluding hydrogens is 362 g/mol. The summed E-state index contributed by atoms with van der Waals surface area (Å²) in [5, 5.41) is 9.71. The average molecular weight is 381 g/mol. The molecule has 2 heterocycles. The summed E-state index contributed by atoms with van der Waals surface area (Å²) in [5.74, 6) is -0.198. The Bertz CT molecular complexity index is 1060. The van der Waals surface area contributed by atoms with Crippen molar-refractivity contribution in [1.29, 1.82) is 0 Å². The molecule has 0 bridgehead atoms. The van der Waals surface area contributed by atoms with Gasteiger partial charge < -0.3 is 14.4 Å². The van der Waals surface area contributed by atoms with Gasteiger partial charge in [0.2, 0.25) is 5.76 Å². The topological polar surface area (TPSA) is 70.8 Å². The highest BCUT2D eigenvalue weighted by atomic mass is 32.2. The number of thioether (sulfide) groups is 1. The van der Waals surface area contributed by atoms with Gasteiger partial charge in [-0.25, -0.2) is 0 Å². The highest BCUT2D eigenvalue weighted by Crippen LogP contribution is 2.38. The number of hydrogen-bond acceptors (Lipinski definition) is 5. The van der Waals surface area contributed by atoms with Gasteiger partial charge in [-0.2, -0.15) is 0 Å². The van der Waals surface area contributed by atoms with Crippen LogP contribution in [-0.4, -0.2) is 35.3 Å². The molecule has 6 heteroatoms. The molecule has 0 spiro atoms. The largest absolute Gasteiger partial charge is 0.450 e. The number of aliphatic hydroxyl groups excluding tert-OH is 1. The van der Waals surface area contributed by atoms with Gasteiger partial charge in [-0.3, -0.25) is 9.59 Å². The van der Waals surface area contributed by atoms with Crippen LogP contribution in [0.25, 0.3) is 11.0 Å². The number of nitrogens with zero attached hydrogens (tertiary/aromatic N) is 1. The maximum atomic E-state index is 13.2. The van der Waals surface area contributed by atoms with E-state index in [2.05, 4.69) is 0 Å². The molecule has 2 aromatic carbocycles. The number of amides is 1. The van der Waals surface area contributed by atoms with Gasteiger partial charge in [0.15, 0.2) is 5.43 Å². The molecule has 1 atom stereocenters. The summed E-state index contributed by atoms with van der Waals surface area (Å²) in [6.07, 6.45) is 2.44. The Morgan fingerprint density at radius 2 is 1.85 bits per heavy atom. The molecule has 1 N–H and O–H groups in total. The van der Waals surface area contributed by atoms with Crippen molar-refractivity contribution in [2.75, 3.05) is 19.4 Å². The zero-order valence-corrected chi connectivity index (χ0v) is 15.7. The van der Waals surface area contributed by atoms with Crippen molar-refractivity contribution in [3.63, 3.8) is 0 Å². The molecule has 0 aliphatic carbocycles. The van der Waals surface area contributed by atoms with E-state index in [0.29, 0.717) is 29.5 Å². The molecule has 27 heavy (non-hydrogen) atoms. The lowest BCUT2D eigenvalue weighted by molar-refractivity contribution is 0.0716.